The molecule has 9 heteroatoms. The summed E-state index contributed by atoms with van der Waals surface area (Å²) in [5.74, 6) is 0.417. The largest absolute Gasteiger partial charge is 0.419 e. The van der Waals surface area contributed by atoms with E-state index in [-0.39, 0.29) is 30.3 Å². The molecule has 0 bridgehead atoms. The third kappa shape index (κ3) is 4.95. The highest BCUT2D eigenvalue weighted by Gasteiger charge is 2.39. The summed E-state index contributed by atoms with van der Waals surface area (Å²) in [5, 5.41) is 9.40. The van der Waals surface area contributed by atoms with Gasteiger partial charge in [-0.05, 0) is 62.1 Å². The number of aromatic nitrogens is 2. The van der Waals surface area contributed by atoms with Crippen molar-refractivity contribution in [3.05, 3.63) is 70.0 Å². The number of likely N-dealkylation sites (tertiary alicyclic amines) is 1. The van der Waals surface area contributed by atoms with Crippen molar-refractivity contribution >= 4 is 35.0 Å². The maximum absolute atomic E-state index is 13.5. The van der Waals surface area contributed by atoms with Crippen LogP contribution < -0.4 is 0 Å². The van der Waals surface area contributed by atoms with E-state index in [9.17, 15) is 9.59 Å². The first-order chi connectivity index (χ1) is 16.5. The highest BCUT2D eigenvalue weighted by Crippen LogP contribution is 2.33. The number of amides is 2. The molecule has 0 radical (unpaired) electrons. The fraction of sp³-hybridized carbons (Fsp3) is 0.360. The van der Waals surface area contributed by atoms with E-state index in [2.05, 4.69) is 10.2 Å². The van der Waals surface area contributed by atoms with Gasteiger partial charge in [-0.3, -0.25) is 9.59 Å². The smallest absolute Gasteiger partial charge is 0.253 e. The number of hydrogen-bond donors (Lipinski definition) is 0. The zero-order valence-corrected chi connectivity index (χ0v) is 20.0. The minimum atomic E-state index is -0.253. The van der Waals surface area contributed by atoms with Gasteiger partial charge in [0.25, 0.3) is 5.91 Å². The Morgan fingerprint density at radius 2 is 1.79 bits per heavy atom. The fourth-order valence-electron chi connectivity index (χ4n) is 4.35. The summed E-state index contributed by atoms with van der Waals surface area (Å²) in [4.78, 5) is 30.1. The lowest BCUT2D eigenvalue weighted by molar-refractivity contribution is -0.138. The maximum Gasteiger partial charge on any atom is 0.253 e. The van der Waals surface area contributed by atoms with Crippen molar-refractivity contribution < 1.29 is 14.0 Å². The van der Waals surface area contributed by atoms with Crippen molar-refractivity contribution in [3.63, 3.8) is 0 Å². The Balaban J connectivity index is 1.28. The van der Waals surface area contributed by atoms with E-state index in [4.69, 9.17) is 27.6 Å². The molecular weight excluding hydrogens is 475 g/mol. The van der Waals surface area contributed by atoms with Crippen molar-refractivity contribution in [2.75, 3.05) is 13.1 Å². The molecule has 2 amide bonds. The normalized spacial score (nSPS) is 18.1. The van der Waals surface area contributed by atoms with Crippen LogP contribution in [0.5, 0.6) is 0 Å². The molecule has 176 valence electrons. The van der Waals surface area contributed by atoms with E-state index in [0.29, 0.717) is 46.0 Å². The molecule has 0 N–H and O–H groups in total. The van der Waals surface area contributed by atoms with Gasteiger partial charge < -0.3 is 14.2 Å². The van der Waals surface area contributed by atoms with Crippen LogP contribution in [-0.2, 0) is 11.3 Å². The summed E-state index contributed by atoms with van der Waals surface area (Å²) in [5.41, 5.74) is 1.24. The van der Waals surface area contributed by atoms with Crippen LogP contribution in [0.3, 0.4) is 0 Å². The van der Waals surface area contributed by atoms with Crippen molar-refractivity contribution in [1.82, 2.24) is 20.0 Å². The Morgan fingerprint density at radius 3 is 2.53 bits per heavy atom. The van der Waals surface area contributed by atoms with Crippen LogP contribution in [-0.4, -0.2) is 50.9 Å². The number of benzene rings is 2. The van der Waals surface area contributed by atoms with E-state index in [1.807, 2.05) is 23.1 Å². The second-order valence-electron chi connectivity index (χ2n) is 8.78. The lowest BCUT2D eigenvalue weighted by Crippen LogP contribution is -2.47. The van der Waals surface area contributed by atoms with Crippen LogP contribution in [0.2, 0.25) is 10.0 Å². The molecule has 2 fully saturated rings. The SMILES string of the molecule is O=C(c1ccc(Cl)cc1)N1CCC[C@@H](C(=O)N(Cc2nnc(-c3ccccc3Cl)o2)C2CC2)C1. The van der Waals surface area contributed by atoms with E-state index in [0.717, 1.165) is 25.7 Å². The number of rotatable bonds is 6. The van der Waals surface area contributed by atoms with Crippen LogP contribution >= 0.6 is 23.2 Å². The Hall–Kier alpha value is -2.90. The van der Waals surface area contributed by atoms with Crippen LogP contribution in [0.4, 0.5) is 0 Å². The van der Waals surface area contributed by atoms with Gasteiger partial charge in [-0.25, -0.2) is 0 Å². The number of halogens is 2. The minimum absolute atomic E-state index is 0.0357. The van der Waals surface area contributed by atoms with Crippen LogP contribution in [0.25, 0.3) is 11.5 Å². The van der Waals surface area contributed by atoms with Crippen LogP contribution in [0.15, 0.2) is 52.9 Å². The number of nitrogens with zero attached hydrogens (tertiary/aromatic N) is 4. The molecule has 1 saturated heterocycles. The van der Waals surface area contributed by atoms with E-state index in [1.54, 1.807) is 35.2 Å². The van der Waals surface area contributed by atoms with Gasteiger partial charge >= 0.3 is 0 Å². The van der Waals surface area contributed by atoms with Gasteiger partial charge in [-0.15, -0.1) is 10.2 Å². The number of carbonyl (C=O) groups is 2. The molecule has 7 nitrogen and oxygen atoms in total. The van der Waals surface area contributed by atoms with Gasteiger partial charge in [0, 0.05) is 29.7 Å². The first kappa shape index (κ1) is 22.9. The van der Waals surface area contributed by atoms with Gasteiger partial charge in [-0.1, -0.05) is 35.3 Å². The number of piperidine rings is 1. The summed E-state index contributed by atoms with van der Waals surface area (Å²) >= 11 is 12.2. The Labute approximate surface area is 207 Å². The highest BCUT2D eigenvalue weighted by atomic mass is 35.5. The van der Waals surface area contributed by atoms with Gasteiger partial charge in [-0.2, -0.15) is 0 Å². The summed E-state index contributed by atoms with van der Waals surface area (Å²) < 4.78 is 5.85. The molecule has 1 aliphatic carbocycles. The van der Waals surface area contributed by atoms with Crippen LogP contribution in [0, 0.1) is 5.92 Å². The van der Waals surface area contributed by atoms with Crippen molar-refractivity contribution in [2.24, 2.45) is 5.92 Å². The van der Waals surface area contributed by atoms with E-state index in [1.165, 1.54) is 0 Å². The molecule has 2 heterocycles. The molecule has 1 saturated carbocycles. The predicted molar refractivity (Wildman–Crippen MR) is 128 cm³/mol. The second kappa shape index (κ2) is 9.76. The van der Waals surface area contributed by atoms with Gasteiger partial charge in [0.1, 0.15) is 0 Å². The molecule has 34 heavy (non-hydrogen) atoms. The highest BCUT2D eigenvalue weighted by molar-refractivity contribution is 6.33. The van der Waals surface area contributed by atoms with Crippen molar-refractivity contribution in [2.45, 2.75) is 38.3 Å². The van der Waals surface area contributed by atoms with E-state index >= 15 is 0 Å². The zero-order chi connectivity index (χ0) is 23.7. The van der Waals surface area contributed by atoms with Crippen molar-refractivity contribution in [3.8, 4) is 11.5 Å². The molecule has 0 unspecified atom stereocenters. The third-order valence-electron chi connectivity index (χ3n) is 6.30. The summed E-state index contributed by atoms with van der Waals surface area (Å²) in [7, 11) is 0. The molecule has 2 aliphatic rings. The standard InChI is InChI=1S/C25H24Cl2N4O3/c26-18-9-7-16(8-10-18)24(32)30-13-3-4-17(14-30)25(33)31(19-11-12-19)15-22-28-29-23(34-22)20-5-1-2-6-21(20)27/h1-2,5-10,17,19H,3-4,11-15H2/t17-/m1/s1. The summed E-state index contributed by atoms with van der Waals surface area (Å²) in [6.07, 6.45) is 3.45. The first-order valence-electron chi connectivity index (χ1n) is 11.4. The average molecular weight is 499 g/mol. The lowest BCUT2D eigenvalue weighted by Gasteiger charge is -2.35. The van der Waals surface area contributed by atoms with Crippen molar-refractivity contribution in [1.29, 1.82) is 0 Å². The monoisotopic (exact) mass is 498 g/mol. The quantitative estimate of drug-likeness (QED) is 0.472. The second-order valence-corrected chi connectivity index (χ2v) is 9.62. The lowest BCUT2D eigenvalue weighted by atomic mass is 9.95. The summed E-state index contributed by atoms with van der Waals surface area (Å²) in [6.45, 7) is 1.29. The molecular formula is C25H24Cl2N4O3. The van der Waals surface area contributed by atoms with Crippen LogP contribution in [0.1, 0.15) is 41.9 Å². The Kier molecular flexibility index (Phi) is 6.57. The Bertz CT molecular complexity index is 1190. The molecule has 1 atom stereocenters. The van der Waals surface area contributed by atoms with Gasteiger partial charge in [0.05, 0.1) is 23.0 Å². The zero-order valence-electron chi connectivity index (χ0n) is 18.5. The molecule has 1 aromatic heterocycles. The van der Waals surface area contributed by atoms with Gasteiger partial charge in [0.15, 0.2) is 0 Å². The third-order valence-corrected chi connectivity index (χ3v) is 6.88. The Morgan fingerprint density at radius 1 is 1.03 bits per heavy atom. The number of hydrogen-bond acceptors (Lipinski definition) is 5. The molecule has 2 aromatic carbocycles. The maximum atomic E-state index is 13.5. The molecule has 1 aliphatic heterocycles. The molecule has 5 rings (SSSR count). The first-order valence-corrected chi connectivity index (χ1v) is 12.2. The predicted octanol–water partition coefficient (Wildman–Crippen LogP) is 5.09. The fourth-order valence-corrected chi connectivity index (χ4v) is 4.70. The molecule has 0 spiro atoms. The van der Waals surface area contributed by atoms with E-state index < -0.39 is 0 Å². The average Bonchev–Trinajstić information content (AvgIpc) is 3.60. The molecule has 3 aromatic rings. The minimum Gasteiger partial charge on any atom is -0.419 e. The van der Waals surface area contributed by atoms with Gasteiger partial charge in [0.2, 0.25) is 17.7 Å². The number of carbonyl (C=O) groups excluding carboxylic acids is 2. The summed E-state index contributed by atoms with van der Waals surface area (Å²) in [6, 6.07) is 14.3. The topological polar surface area (TPSA) is 79.5 Å².